The van der Waals surface area contributed by atoms with Crippen LogP contribution in [-0.2, 0) is 42.9 Å². The minimum Gasteiger partial charge on any atom is -0.507 e. The summed E-state index contributed by atoms with van der Waals surface area (Å²) in [5, 5.41) is 134. The molecular formula is C43H42O27. The van der Waals surface area contributed by atoms with Crippen LogP contribution in [0.3, 0.4) is 0 Å². The van der Waals surface area contributed by atoms with Crippen molar-refractivity contribution in [2.24, 2.45) is 0 Å². The van der Waals surface area contributed by atoms with Crippen molar-refractivity contribution in [2.45, 2.75) is 92.1 Å². The zero-order valence-electron chi connectivity index (χ0n) is 35.5. The van der Waals surface area contributed by atoms with Gasteiger partial charge in [0.1, 0.15) is 71.0 Å². The first kappa shape index (κ1) is 50.7. The molecule has 4 heterocycles. The van der Waals surface area contributed by atoms with Gasteiger partial charge in [0.25, 0.3) is 0 Å². The van der Waals surface area contributed by atoms with Crippen LogP contribution in [-0.4, -0.2) is 189 Å². The fourth-order valence-electron chi connectivity index (χ4n) is 7.48. The quantitative estimate of drug-likeness (QED) is 0.0452. The van der Waals surface area contributed by atoms with Gasteiger partial charge < -0.3 is 109 Å². The first-order valence-corrected chi connectivity index (χ1v) is 20.4. The summed E-state index contributed by atoms with van der Waals surface area (Å²) in [6.07, 6.45) is -30.6. The van der Waals surface area contributed by atoms with Crippen LogP contribution in [0.15, 0.2) is 69.9 Å². The largest absolute Gasteiger partial charge is 0.507 e. The zero-order valence-corrected chi connectivity index (χ0v) is 35.5. The topological polar surface area (TPSA) is 435 Å². The summed E-state index contributed by atoms with van der Waals surface area (Å²) >= 11 is 0. The second-order valence-electron chi connectivity index (χ2n) is 15.7. The first-order valence-electron chi connectivity index (χ1n) is 20.4. The number of aliphatic hydroxyl groups excluding tert-OH is 7. The van der Waals surface area contributed by atoms with Crippen LogP contribution in [0.5, 0.6) is 34.5 Å². The molecule has 15 atom stereocenters. The lowest BCUT2D eigenvalue weighted by molar-refractivity contribution is -0.350. The van der Waals surface area contributed by atoms with Crippen molar-refractivity contribution in [2.75, 3.05) is 7.11 Å². The number of phenols is 3. The van der Waals surface area contributed by atoms with E-state index in [4.69, 9.17) is 42.3 Å². The van der Waals surface area contributed by atoms with Gasteiger partial charge in [0.2, 0.25) is 12.6 Å². The van der Waals surface area contributed by atoms with Gasteiger partial charge in [0, 0.05) is 29.8 Å². The van der Waals surface area contributed by atoms with Crippen LogP contribution in [0.2, 0.25) is 0 Å². The van der Waals surface area contributed by atoms with E-state index in [1.54, 1.807) is 0 Å². The normalized spacial score (nSPS) is 31.2. The molecule has 3 aliphatic rings. The Balaban J connectivity index is 1.17. The van der Waals surface area contributed by atoms with E-state index in [2.05, 4.69) is 0 Å². The Hall–Kier alpha value is -7.15. The van der Waals surface area contributed by atoms with Crippen molar-refractivity contribution in [3.8, 4) is 45.8 Å². The standard InChI is InChI=1S/C43H42O27/c1-62-22-8-13(2-5-16(22)44)3-7-24(48)66-36-30(53)28(51)35(40(60)61)69-43(36)70-37-31(54)29(52)34(39(58)59)68-42(37)63-15-10-18(46)25-19(47)12-21(64-23(25)11-15)14-4-6-20(17(45)9-14)65-41-32(55)26(49)27(50)33(67-41)38(56)57/h2-12,26-37,41-46,49-55H,1H3,(H,56,57)(H,58,59)(H,60,61). The maximum absolute atomic E-state index is 13.3. The van der Waals surface area contributed by atoms with Gasteiger partial charge in [0.05, 0.1) is 7.11 Å². The van der Waals surface area contributed by atoms with Gasteiger partial charge in [-0.15, -0.1) is 0 Å². The van der Waals surface area contributed by atoms with Crippen LogP contribution in [0.1, 0.15) is 5.56 Å². The number of methoxy groups -OCH3 is 1. The number of benzene rings is 3. The van der Waals surface area contributed by atoms with E-state index >= 15 is 0 Å². The summed E-state index contributed by atoms with van der Waals surface area (Å²) in [5.41, 5.74) is -1.08. The predicted molar refractivity (Wildman–Crippen MR) is 222 cm³/mol. The zero-order chi connectivity index (χ0) is 51.0. The number of aliphatic carboxylic acids is 3. The van der Waals surface area contributed by atoms with Gasteiger partial charge >= 0.3 is 23.9 Å². The number of esters is 1. The van der Waals surface area contributed by atoms with Crippen molar-refractivity contribution in [3.05, 3.63) is 76.5 Å². The number of carbonyl (C=O) groups excluding carboxylic acids is 1. The van der Waals surface area contributed by atoms with Crippen LogP contribution in [0, 0.1) is 0 Å². The van der Waals surface area contributed by atoms with E-state index < -0.39 is 155 Å². The second kappa shape index (κ2) is 20.4. The summed E-state index contributed by atoms with van der Waals surface area (Å²) in [7, 11) is 1.27. The highest BCUT2D eigenvalue weighted by molar-refractivity contribution is 5.88. The van der Waals surface area contributed by atoms with Gasteiger partial charge in [-0.2, -0.15) is 0 Å². The summed E-state index contributed by atoms with van der Waals surface area (Å²) in [4.78, 5) is 62.1. The number of carbonyl (C=O) groups is 4. The number of aliphatic hydroxyl groups is 7. The summed E-state index contributed by atoms with van der Waals surface area (Å²) in [6.45, 7) is 0. The Kier molecular flexibility index (Phi) is 14.8. The molecule has 0 radical (unpaired) electrons. The Morgan fingerprint density at radius 2 is 1.19 bits per heavy atom. The molecule has 13 N–H and O–H groups in total. The molecule has 376 valence electrons. The molecule has 3 fully saturated rings. The summed E-state index contributed by atoms with van der Waals surface area (Å²) < 4.78 is 49.0. The highest BCUT2D eigenvalue weighted by Crippen LogP contribution is 2.38. The first-order chi connectivity index (χ1) is 33.1. The molecule has 3 aromatic carbocycles. The molecule has 0 saturated carbocycles. The van der Waals surface area contributed by atoms with E-state index in [9.17, 15) is 90.4 Å². The molecule has 15 unspecified atom stereocenters. The molecule has 0 bridgehead atoms. The van der Waals surface area contributed by atoms with Gasteiger partial charge in [-0.25, -0.2) is 19.2 Å². The minimum absolute atomic E-state index is 0.0331. The number of aromatic hydroxyl groups is 3. The third-order valence-electron chi connectivity index (χ3n) is 11.1. The predicted octanol–water partition coefficient (Wildman–Crippen LogP) is -2.69. The monoisotopic (exact) mass is 990 g/mol. The van der Waals surface area contributed by atoms with Crippen LogP contribution >= 0.6 is 0 Å². The van der Waals surface area contributed by atoms with Gasteiger partial charge in [-0.3, -0.25) is 4.79 Å². The molecule has 0 aliphatic carbocycles. The van der Waals surface area contributed by atoms with Crippen LogP contribution < -0.4 is 19.6 Å². The second-order valence-corrected chi connectivity index (χ2v) is 15.7. The molecule has 0 spiro atoms. The third-order valence-corrected chi connectivity index (χ3v) is 11.1. The highest BCUT2D eigenvalue weighted by Gasteiger charge is 2.55. The summed E-state index contributed by atoms with van der Waals surface area (Å²) in [6, 6.07) is 9.89. The fourth-order valence-corrected chi connectivity index (χ4v) is 7.48. The maximum atomic E-state index is 13.3. The highest BCUT2D eigenvalue weighted by atomic mass is 16.8. The Morgan fingerprint density at radius 3 is 1.80 bits per heavy atom. The average molecular weight is 991 g/mol. The average Bonchev–Trinajstić information content (AvgIpc) is 3.30. The van der Waals surface area contributed by atoms with Crippen molar-refractivity contribution < 1.29 is 128 Å². The van der Waals surface area contributed by atoms with Crippen molar-refractivity contribution in [1.29, 1.82) is 0 Å². The van der Waals surface area contributed by atoms with Gasteiger partial charge in [0.15, 0.2) is 65.2 Å². The van der Waals surface area contributed by atoms with E-state index in [-0.39, 0.29) is 22.8 Å². The molecule has 27 nitrogen and oxygen atoms in total. The van der Waals surface area contributed by atoms with E-state index in [1.807, 2.05) is 0 Å². The molecule has 0 amide bonds. The molecule has 3 aliphatic heterocycles. The van der Waals surface area contributed by atoms with Gasteiger partial charge in [-0.1, -0.05) is 6.07 Å². The molecular weight excluding hydrogens is 948 g/mol. The Labute approximate surface area is 389 Å². The third kappa shape index (κ3) is 10.2. The molecule has 1 aromatic heterocycles. The molecule has 27 heteroatoms. The minimum atomic E-state index is -2.35. The lowest BCUT2D eigenvalue weighted by Crippen LogP contribution is -2.66. The van der Waals surface area contributed by atoms with Crippen LogP contribution in [0.25, 0.3) is 28.4 Å². The molecule has 4 aromatic rings. The lowest BCUT2D eigenvalue weighted by atomic mass is 9.96. The van der Waals surface area contributed by atoms with Crippen molar-refractivity contribution in [3.63, 3.8) is 0 Å². The number of rotatable bonds is 14. The number of carboxylic acid groups (broad SMARTS) is 3. The molecule has 70 heavy (non-hydrogen) atoms. The SMILES string of the molecule is COc1cc(C=CC(=O)OC2C(OC3C(Oc4cc(O)c5c(=O)cc(-c6ccc(OC7OC(C(=O)O)C(O)C(O)C7O)c(O)c6)oc5c4)OC(C(=O)O)C(O)C3O)OC(C(=O)O)C(O)C2O)ccc1O. The lowest BCUT2D eigenvalue weighted by Gasteiger charge is -2.45. The Morgan fingerprint density at radius 1 is 0.586 bits per heavy atom. The number of carboxylic acids is 3. The summed E-state index contributed by atoms with van der Waals surface area (Å²) in [5.74, 6) is -9.63. The van der Waals surface area contributed by atoms with E-state index in [1.165, 1.54) is 37.5 Å². The van der Waals surface area contributed by atoms with Crippen molar-refractivity contribution >= 4 is 40.9 Å². The van der Waals surface area contributed by atoms with E-state index in [0.717, 1.165) is 36.4 Å². The van der Waals surface area contributed by atoms with Crippen LogP contribution in [0.4, 0.5) is 0 Å². The number of fused-ring (bicyclic) bond motifs is 1. The Bertz CT molecular complexity index is 2720. The number of hydrogen-bond donors (Lipinski definition) is 13. The molecule has 3 saturated heterocycles. The molecule has 7 rings (SSSR count). The maximum Gasteiger partial charge on any atom is 0.335 e. The number of hydrogen-bond acceptors (Lipinski definition) is 24. The van der Waals surface area contributed by atoms with Crippen molar-refractivity contribution in [1.82, 2.24) is 0 Å². The fraction of sp³-hybridized carbons (Fsp3) is 0.372. The van der Waals surface area contributed by atoms with E-state index in [0.29, 0.717) is 5.56 Å². The van der Waals surface area contributed by atoms with Gasteiger partial charge in [-0.05, 0) is 42.0 Å². The number of phenolic OH excluding ortho intramolecular Hbond substituents is 3. The smallest absolute Gasteiger partial charge is 0.335 e. The number of ether oxygens (including phenoxy) is 8.